The van der Waals surface area contributed by atoms with Crippen molar-refractivity contribution < 1.29 is 18.4 Å². The molecule has 0 bridgehead atoms. The maximum atomic E-state index is 14.2. The molecule has 2 aromatic rings. The number of aromatic nitrogens is 3. The van der Waals surface area contributed by atoms with Crippen LogP contribution >= 0.6 is 0 Å². The van der Waals surface area contributed by atoms with Crippen LogP contribution in [0.3, 0.4) is 0 Å². The molecular formula is C21H21FN6O3. The number of hydrogen-bond donors (Lipinski definition) is 1. The lowest BCUT2D eigenvalue weighted by Gasteiger charge is -2.10. The SMILES string of the molecule is CN(C)C(=O)Oc1cnc(C(N)=CC(=NCC2=CC=CC=CC2F)c2ccon2)nc1. The highest BCUT2D eigenvalue weighted by Gasteiger charge is 2.13. The van der Waals surface area contributed by atoms with Crippen molar-refractivity contribution in [3.8, 4) is 5.75 Å². The molecule has 160 valence electrons. The summed E-state index contributed by atoms with van der Waals surface area (Å²) in [7, 11) is 3.12. The normalized spacial score (nSPS) is 16.6. The Morgan fingerprint density at radius 1 is 1.32 bits per heavy atom. The first kappa shape index (κ1) is 21.6. The zero-order valence-electron chi connectivity index (χ0n) is 17.0. The number of ether oxygens (including phenoxy) is 1. The average molecular weight is 424 g/mol. The van der Waals surface area contributed by atoms with E-state index < -0.39 is 12.3 Å². The number of aliphatic imine (C=N–C) groups is 1. The fourth-order valence-corrected chi connectivity index (χ4v) is 2.40. The number of allylic oxidation sites excluding steroid dienone is 6. The number of nitrogens with two attached hydrogens (primary N) is 1. The van der Waals surface area contributed by atoms with Gasteiger partial charge >= 0.3 is 6.09 Å². The van der Waals surface area contributed by atoms with Crippen molar-refractivity contribution in [2.75, 3.05) is 20.6 Å². The van der Waals surface area contributed by atoms with E-state index in [4.69, 9.17) is 15.0 Å². The summed E-state index contributed by atoms with van der Waals surface area (Å²) >= 11 is 0. The molecule has 0 spiro atoms. The molecule has 3 rings (SSSR count). The van der Waals surface area contributed by atoms with Gasteiger partial charge in [0, 0.05) is 20.2 Å². The molecule has 31 heavy (non-hydrogen) atoms. The van der Waals surface area contributed by atoms with Crippen LogP contribution in [0.25, 0.3) is 5.70 Å². The van der Waals surface area contributed by atoms with Crippen molar-refractivity contribution in [3.63, 3.8) is 0 Å². The van der Waals surface area contributed by atoms with Crippen LogP contribution in [0.2, 0.25) is 0 Å². The van der Waals surface area contributed by atoms with Gasteiger partial charge in [-0.3, -0.25) is 4.99 Å². The molecule has 9 nitrogen and oxygen atoms in total. The lowest BCUT2D eigenvalue weighted by Crippen LogP contribution is -2.25. The van der Waals surface area contributed by atoms with E-state index in [1.165, 1.54) is 35.7 Å². The van der Waals surface area contributed by atoms with Crippen LogP contribution in [-0.2, 0) is 0 Å². The average Bonchev–Trinajstić information content (AvgIpc) is 3.21. The third-order valence-corrected chi connectivity index (χ3v) is 4.05. The van der Waals surface area contributed by atoms with E-state index in [0.29, 0.717) is 17.0 Å². The van der Waals surface area contributed by atoms with E-state index in [0.717, 1.165) is 0 Å². The minimum Gasteiger partial charge on any atom is -0.407 e. The van der Waals surface area contributed by atoms with E-state index in [-0.39, 0.29) is 23.8 Å². The first-order valence-electron chi connectivity index (χ1n) is 9.26. The molecule has 2 heterocycles. The number of hydrogen-bond acceptors (Lipinski definition) is 8. The second kappa shape index (κ2) is 10.1. The first-order valence-corrected chi connectivity index (χ1v) is 9.26. The smallest absolute Gasteiger partial charge is 0.407 e. The van der Waals surface area contributed by atoms with Crippen LogP contribution in [0.4, 0.5) is 9.18 Å². The van der Waals surface area contributed by atoms with Crippen LogP contribution in [-0.4, -0.2) is 58.6 Å². The topological polar surface area (TPSA) is 120 Å². The molecule has 10 heteroatoms. The van der Waals surface area contributed by atoms with Crippen LogP contribution in [0.5, 0.6) is 5.75 Å². The molecule has 0 aromatic carbocycles. The third-order valence-electron chi connectivity index (χ3n) is 4.05. The molecule has 2 N–H and O–H groups in total. The highest BCUT2D eigenvalue weighted by atomic mass is 19.1. The van der Waals surface area contributed by atoms with Crippen LogP contribution in [0.1, 0.15) is 11.5 Å². The molecular weight excluding hydrogens is 403 g/mol. The summed E-state index contributed by atoms with van der Waals surface area (Å²) < 4.78 is 24.2. The Bertz CT molecular complexity index is 1050. The van der Waals surface area contributed by atoms with Gasteiger partial charge in [-0.25, -0.2) is 19.2 Å². The second-order valence-corrected chi connectivity index (χ2v) is 6.60. The number of nitrogens with zero attached hydrogens (tertiary/aromatic N) is 5. The van der Waals surface area contributed by atoms with Gasteiger partial charge in [0.1, 0.15) is 18.1 Å². The Kier molecular flexibility index (Phi) is 7.05. The highest BCUT2D eigenvalue weighted by Crippen LogP contribution is 2.15. The number of alkyl halides is 1. The van der Waals surface area contributed by atoms with Crippen molar-refractivity contribution in [2.45, 2.75) is 6.17 Å². The Morgan fingerprint density at radius 2 is 2.10 bits per heavy atom. The van der Waals surface area contributed by atoms with Gasteiger partial charge in [-0.2, -0.15) is 0 Å². The van der Waals surface area contributed by atoms with Gasteiger partial charge < -0.3 is 19.9 Å². The van der Waals surface area contributed by atoms with Gasteiger partial charge in [0.05, 0.1) is 30.3 Å². The summed E-state index contributed by atoms with van der Waals surface area (Å²) in [5.41, 5.74) is 7.62. The number of carbonyl (C=O) groups excluding carboxylic acids is 1. The van der Waals surface area contributed by atoms with E-state index >= 15 is 0 Å². The summed E-state index contributed by atoms with van der Waals surface area (Å²) in [6.07, 6.45) is 12.1. The first-order chi connectivity index (χ1) is 14.9. The lowest BCUT2D eigenvalue weighted by molar-refractivity contribution is 0.171. The van der Waals surface area contributed by atoms with E-state index in [9.17, 15) is 9.18 Å². The summed E-state index contributed by atoms with van der Waals surface area (Å²) in [4.78, 5) is 25.6. The van der Waals surface area contributed by atoms with Crippen molar-refractivity contribution in [1.29, 1.82) is 0 Å². The molecule has 0 radical (unpaired) electrons. The van der Waals surface area contributed by atoms with Crippen LogP contribution in [0, 0.1) is 0 Å². The fourth-order valence-electron chi connectivity index (χ4n) is 2.40. The van der Waals surface area contributed by atoms with Gasteiger partial charge in [-0.15, -0.1) is 0 Å². The second-order valence-electron chi connectivity index (χ2n) is 6.60. The number of rotatable bonds is 6. The minimum atomic E-state index is -1.24. The third kappa shape index (κ3) is 5.95. The van der Waals surface area contributed by atoms with E-state index in [2.05, 4.69) is 20.1 Å². The maximum absolute atomic E-state index is 14.2. The summed E-state index contributed by atoms with van der Waals surface area (Å²) in [6, 6.07) is 1.61. The predicted octanol–water partition coefficient (Wildman–Crippen LogP) is 2.70. The number of halogens is 1. The molecule has 1 unspecified atom stereocenters. The lowest BCUT2D eigenvalue weighted by atomic mass is 10.1. The van der Waals surface area contributed by atoms with Gasteiger partial charge in [-0.05, 0) is 17.7 Å². The fraction of sp³-hybridized carbons (Fsp3) is 0.190. The maximum Gasteiger partial charge on any atom is 0.414 e. The molecule has 1 amide bonds. The van der Waals surface area contributed by atoms with E-state index in [1.54, 1.807) is 44.5 Å². The molecule has 1 atom stereocenters. The van der Waals surface area contributed by atoms with Crippen LogP contribution in [0.15, 0.2) is 76.3 Å². The van der Waals surface area contributed by atoms with Gasteiger partial charge in [-0.1, -0.05) is 29.5 Å². The molecule has 0 saturated heterocycles. The predicted molar refractivity (Wildman–Crippen MR) is 113 cm³/mol. The zero-order valence-corrected chi connectivity index (χ0v) is 17.0. The monoisotopic (exact) mass is 424 g/mol. The summed E-state index contributed by atoms with van der Waals surface area (Å²) in [6.45, 7) is 0.0993. The zero-order chi connectivity index (χ0) is 22.2. The number of amides is 1. The van der Waals surface area contributed by atoms with Crippen LogP contribution < -0.4 is 10.5 Å². The molecule has 0 aliphatic heterocycles. The summed E-state index contributed by atoms with van der Waals surface area (Å²) in [5, 5.41) is 3.88. The molecule has 0 saturated carbocycles. The Balaban J connectivity index is 1.82. The summed E-state index contributed by atoms with van der Waals surface area (Å²) in [5.74, 6) is 0.375. The van der Waals surface area contributed by atoms with Crippen molar-refractivity contribution in [1.82, 2.24) is 20.0 Å². The molecule has 0 fully saturated rings. The quantitative estimate of drug-likeness (QED) is 0.708. The van der Waals surface area contributed by atoms with Gasteiger partial charge in [0.15, 0.2) is 11.6 Å². The van der Waals surface area contributed by atoms with Gasteiger partial charge in [0.2, 0.25) is 0 Å². The van der Waals surface area contributed by atoms with Gasteiger partial charge in [0.25, 0.3) is 0 Å². The van der Waals surface area contributed by atoms with Crippen molar-refractivity contribution >= 4 is 17.5 Å². The van der Waals surface area contributed by atoms with Crippen molar-refractivity contribution in [2.24, 2.45) is 10.7 Å². The van der Waals surface area contributed by atoms with Crippen molar-refractivity contribution in [3.05, 3.63) is 78.3 Å². The Hall–Kier alpha value is -4.08. The number of carbonyl (C=O) groups is 1. The molecule has 1 aliphatic rings. The van der Waals surface area contributed by atoms with E-state index in [1.807, 2.05) is 0 Å². The standard InChI is InChI=1S/C21H21FN6O3/c1-28(2)21(29)31-15-12-25-20(26-13-15)17(23)10-19(18-8-9-30-27-18)24-11-14-6-4-3-5-7-16(14)22/h3-10,12-13,16H,11,23H2,1-2H3. The largest absolute Gasteiger partial charge is 0.414 e. The minimum absolute atomic E-state index is 0.0993. The Labute approximate surface area is 178 Å². The molecule has 1 aliphatic carbocycles. The molecule has 2 aromatic heterocycles. The highest BCUT2D eigenvalue weighted by molar-refractivity contribution is 6.10. The Morgan fingerprint density at radius 3 is 2.77 bits per heavy atom.